The Balaban J connectivity index is 1.74. The summed E-state index contributed by atoms with van der Waals surface area (Å²) in [5, 5.41) is 3.45. The van der Waals surface area contributed by atoms with Gasteiger partial charge in [-0.05, 0) is 54.8 Å². The maximum absolute atomic E-state index is 13.6. The number of ether oxygens (including phenoxy) is 1. The van der Waals surface area contributed by atoms with Gasteiger partial charge in [0.05, 0.1) is 22.6 Å². The molecule has 0 amide bonds. The standard InChI is InChI=1S/C27H25F6N5O/c1-15(2)13-39-14-22-37-24(35-18-8-6-17(7-9-18)16(3)26(28,29)30)19-10-11-21(36-25(19)38-22)23-20(27(31,32)33)5-4-12-34-23/h4-12,15-16H,13-14H2,1-3H3,(H,35,36,37,38). The summed E-state index contributed by atoms with van der Waals surface area (Å²) in [5.41, 5.74) is -0.639. The van der Waals surface area contributed by atoms with E-state index in [1.165, 1.54) is 48.7 Å². The number of anilines is 2. The summed E-state index contributed by atoms with van der Waals surface area (Å²) in [4.78, 5) is 17.1. The molecule has 4 aromatic rings. The molecule has 0 aliphatic rings. The zero-order valence-corrected chi connectivity index (χ0v) is 21.2. The third-order valence-corrected chi connectivity index (χ3v) is 5.81. The van der Waals surface area contributed by atoms with Crippen LogP contribution in [0.5, 0.6) is 0 Å². The number of halogens is 6. The highest BCUT2D eigenvalue weighted by Gasteiger charge is 2.37. The predicted octanol–water partition coefficient (Wildman–Crippen LogP) is 7.69. The highest BCUT2D eigenvalue weighted by molar-refractivity contribution is 5.90. The van der Waals surface area contributed by atoms with Crippen molar-refractivity contribution in [1.82, 2.24) is 19.9 Å². The molecule has 6 nitrogen and oxygen atoms in total. The quantitative estimate of drug-likeness (QED) is 0.227. The average molecular weight is 550 g/mol. The van der Waals surface area contributed by atoms with Crippen LogP contribution >= 0.6 is 0 Å². The summed E-state index contributed by atoms with van der Waals surface area (Å²) >= 11 is 0. The fourth-order valence-electron chi connectivity index (χ4n) is 3.75. The molecule has 4 rings (SSSR count). The first-order chi connectivity index (χ1) is 18.3. The smallest absolute Gasteiger partial charge is 0.373 e. The minimum atomic E-state index is -4.63. The first kappa shape index (κ1) is 28.2. The van der Waals surface area contributed by atoms with E-state index in [1.807, 2.05) is 13.8 Å². The maximum Gasteiger partial charge on any atom is 0.418 e. The molecule has 0 saturated heterocycles. The van der Waals surface area contributed by atoms with Crippen LogP contribution in [0.15, 0.2) is 54.7 Å². The van der Waals surface area contributed by atoms with Gasteiger partial charge in [-0.3, -0.25) is 4.98 Å². The number of fused-ring (bicyclic) bond motifs is 1. The fourth-order valence-corrected chi connectivity index (χ4v) is 3.75. The van der Waals surface area contributed by atoms with Gasteiger partial charge in [0.2, 0.25) is 0 Å². The molecule has 0 bridgehead atoms. The van der Waals surface area contributed by atoms with Crippen molar-refractivity contribution in [2.75, 3.05) is 11.9 Å². The summed E-state index contributed by atoms with van der Waals surface area (Å²) in [5.74, 6) is -0.882. The second-order valence-corrected chi connectivity index (χ2v) is 9.37. The van der Waals surface area contributed by atoms with Crippen molar-refractivity contribution < 1.29 is 31.1 Å². The highest BCUT2D eigenvalue weighted by Crippen LogP contribution is 2.37. The number of aromatic nitrogens is 4. The van der Waals surface area contributed by atoms with Crippen molar-refractivity contribution in [1.29, 1.82) is 0 Å². The van der Waals surface area contributed by atoms with E-state index in [1.54, 1.807) is 0 Å². The van der Waals surface area contributed by atoms with Gasteiger partial charge < -0.3 is 10.1 Å². The Morgan fingerprint density at radius 2 is 1.59 bits per heavy atom. The van der Waals surface area contributed by atoms with Gasteiger partial charge in [0.15, 0.2) is 11.5 Å². The van der Waals surface area contributed by atoms with E-state index in [4.69, 9.17) is 4.74 Å². The van der Waals surface area contributed by atoms with E-state index >= 15 is 0 Å². The topological polar surface area (TPSA) is 72.8 Å². The van der Waals surface area contributed by atoms with E-state index in [-0.39, 0.29) is 46.8 Å². The van der Waals surface area contributed by atoms with Gasteiger partial charge in [-0.2, -0.15) is 26.3 Å². The van der Waals surface area contributed by atoms with E-state index in [0.717, 1.165) is 13.0 Å². The maximum atomic E-state index is 13.6. The van der Waals surface area contributed by atoms with E-state index in [0.29, 0.717) is 17.7 Å². The zero-order valence-electron chi connectivity index (χ0n) is 21.2. The molecule has 3 heterocycles. The zero-order chi connectivity index (χ0) is 28.4. The van der Waals surface area contributed by atoms with Crippen LogP contribution < -0.4 is 5.32 Å². The Morgan fingerprint density at radius 1 is 0.872 bits per heavy atom. The van der Waals surface area contributed by atoms with E-state index in [9.17, 15) is 26.3 Å². The van der Waals surface area contributed by atoms with Crippen LogP contribution in [0.2, 0.25) is 0 Å². The van der Waals surface area contributed by atoms with Gasteiger partial charge >= 0.3 is 12.4 Å². The summed E-state index contributed by atoms with van der Waals surface area (Å²) in [6, 6.07) is 10.8. The van der Waals surface area contributed by atoms with Crippen LogP contribution in [0.25, 0.3) is 22.4 Å². The Labute approximate surface area is 220 Å². The third-order valence-electron chi connectivity index (χ3n) is 5.81. The van der Waals surface area contributed by atoms with Crippen molar-refractivity contribution >= 4 is 22.5 Å². The Kier molecular flexibility index (Phi) is 8.05. The van der Waals surface area contributed by atoms with Crippen molar-refractivity contribution in [3.63, 3.8) is 0 Å². The number of hydrogen-bond acceptors (Lipinski definition) is 6. The first-order valence-electron chi connectivity index (χ1n) is 12.0. The minimum Gasteiger partial charge on any atom is -0.373 e. The van der Waals surface area contributed by atoms with E-state index in [2.05, 4.69) is 25.3 Å². The lowest BCUT2D eigenvalue weighted by Crippen LogP contribution is -2.17. The highest BCUT2D eigenvalue weighted by atomic mass is 19.4. The molecule has 1 unspecified atom stereocenters. The first-order valence-corrected chi connectivity index (χ1v) is 12.0. The molecule has 0 radical (unpaired) electrons. The molecule has 3 aromatic heterocycles. The van der Waals surface area contributed by atoms with Crippen LogP contribution in [0.3, 0.4) is 0 Å². The molecule has 1 N–H and O–H groups in total. The van der Waals surface area contributed by atoms with Gasteiger partial charge in [0.1, 0.15) is 18.1 Å². The third kappa shape index (κ3) is 6.80. The lowest BCUT2D eigenvalue weighted by Gasteiger charge is -2.17. The molecule has 39 heavy (non-hydrogen) atoms. The molecule has 206 valence electrons. The van der Waals surface area contributed by atoms with Gasteiger partial charge in [0, 0.05) is 18.5 Å². The number of alkyl halides is 6. The SMILES string of the molecule is CC(C)COCc1nc(Nc2ccc(C(C)C(F)(F)F)cc2)c2ccc(-c3ncccc3C(F)(F)F)nc2n1. The number of nitrogens with one attached hydrogen (secondary N) is 1. The van der Waals surface area contributed by atoms with Gasteiger partial charge in [-0.1, -0.05) is 26.0 Å². The van der Waals surface area contributed by atoms with Crippen LogP contribution in [-0.4, -0.2) is 32.7 Å². The molecular weight excluding hydrogens is 524 g/mol. The van der Waals surface area contributed by atoms with Crippen molar-refractivity contribution in [3.05, 3.63) is 71.7 Å². The van der Waals surface area contributed by atoms with Crippen LogP contribution in [0.4, 0.5) is 37.8 Å². The Morgan fingerprint density at radius 3 is 2.23 bits per heavy atom. The van der Waals surface area contributed by atoms with Crippen molar-refractivity contribution in [2.24, 2.45) is 5.92 Å². The molecule has 1 atom stereocenters. The monoisotopic (exact) mass is 549 g/mol. The lowest BCUT2D eigenvalue weighted by molar-refractivity contribution is -0.146. The number of pyridine rings is 2. The van der Waals surface area contributed by atoms with Crippen molar-refractivity contribution in [3.8, 4) is 11.4 Å². The molecule has 1 aromatic carbocycles. The largest absolute Gasteiger partial charge is 0.418 e. The summed E-state index contributed by atoms with van der Waals surface area (Å²) in [6.45, 7) is 5.47. The number of hydrogen-bond donors (Lipinski definition) is 1. The summed E-state index contributed by atoms with van der Waals surface area (Å²) < 4.78 is 85.6. The lowest BCUT2D eigenvalue weighted by atomic mass is 10.0. The Hall–Kier alpha value is -3.80. The summed E-state index contributed by atoms with van der Waals surface area (Å²) in [7, 11) is 0. The van der Waals surface area contributed by atoms with Gasteiger partial charge in [-0.25, -0.2) is 15.0 Å². The second-order valence-electron chi connectivity index (χ2n) is 9.37. The fraction of sp³-hybridized carbons (Fsp3) is 0.333. The average Bonchev–Trinajstić information content (AvgIpc) is 2.87. The minimum absolute atomic E-state index is 0.0220. The molecule has 0 spiro atoms. The molecule has 0 aliphatic carbocycles. The second kappa shape index (κ2) is 11.1. The molecule has 12 heteroatoms. The normalized spacial score (nSPS) is 13.2. The van der Waals surface area contributed by atoms with Gasteiger partial charge in [-0.15, -0.1) is 0 Å². The van der Waals surface area contributed by atoms with Gasteiger partial charge in [0.25, 0.3) is 0 Å². The number of rotatable bonds is 8. The van der Waals surface area contributed by atoms with E-state index < -0.39 is 23.8 Å². The predicted molar refractivity (Wildman–Crippen MR) is 134 cm³/mol. The van der Waals surface area contributed by atoms with Crippen molar-refractivity contribution in [2.45, 2.75) is 45.6 Å². The molecule has 0 aliphatic heterocycles. The molecule has 0 fully saturated rings. The Bertz CT molecular complexity index is 1440. The van der Waals surface area contributed by atoms with Crippen LogP contribution in [0.1, 0.15) is 43.6 Å². The number of benzene rings is 1. The van der Waals surface area contributed by atoms with Crippen LogP contribution in [-0.2, 0) is 17.5 Å². The summed E-state index contributed by atoms with van der Waals surface area (Å²) in [6.07, 6.45) is -7.76. The number of nitrogens with zero attached hydrogens (tertiary/aromatic N) is 4. The molecular formula is C27H25F6N5O. The van der Waals surface area contributed by atoms with Crippen LogP contribution in [0, 0.1) is 5.92 Å². The molecule has 0 saturated carbocycles.